The van der Waals surface area contributed by atoms with Crippen LogP contribution in [0.2, 0.25) is 5.02 Å². The molecule has 1 heterocycles. The van der Waals surface area contributed by atoms with E-state index in [2.05, 4.69) is 15.3 Å². The Bertz CT molecular complexity index is 746. The molecule has 1 aromatic carbocycles. The minimum Gasteiger partial charge on any atom is -0.470 e. The van der Waals surface area contributed by atoms with Crippen molar-refractivity contribution in [2.75, 3.05) is 13.4 Å². The molecule has 0 fully saturated rings. The summed E-state index contributed by atoms with van der Waals surface area (Å²) in [6.07, 6.45) is 3.34. The number of hydrogen-bond donors (Lipinski definition) is 1. The standard InChI is InChI=1S/C16H19ClN2O3S2/c1-16(2,9-18-21-3)19-14(20)15(23-4)22-10-7-12(17)11-5-6-24-13(11)8-10/h5-9,15H,1-4H3,(H,19,20)/b18-9+. The summed E-state index contributed by atoms with van der Waals surface area (Å²) >= 11 is 9.14. The maximum atomic E-state index is 12.5. The van der Waals surface area contributed by atoms with Crippen LogP contribution in [0.25, 0.3) is 10.1 Å². The molecule has 8 heteroatoms. The first-order valence-electron chi connectivity index (χ1n) is 7.12. The van der Waals surface area contributed by atoms with E-state index in [0.717, 1.165) is 10.1 Å². The topological polar surface area (TPSA) is 59.9 Å². The zero-order valence-corrected chi connectivity index (χ0v) is 16.2. The maximum Gasteiger partial charge on any atom is 0.272 e. The summed E-state index contributed by atoms with van der Waals surface area (Å²) in [4.78, 5) is 17.1. The van der Waals surface area contributed by atoms with Gasteiger partial charge in [-0.1, -0.05) is 16.8 Å². The average Bonchev–Trinajstić information content (AvgIpc) is 2.99. The highest BCUT2D eigenvalue weighted by Gasteiger charge is 2.26. The van der Waals surface area contributed by atoms with Crippen molar-refractivity contribution in [2.45, 2.75) is 24.8 Å². The van der Waals surface area contributed by atoms with Crippen molar-refractivity contribution in [3.63, 3.8) is 0 Å². The van der Waals surface area contributed by atoms with Gasteiger partial charge in [-0.05, 0) is 43.7 Å². The quantitative estimate of drug-likeness (QED) is 0.441. The molecular formula is C16H19ClN2O3S2. The van der Waals surface area contributed by atoms with Crippen LogP contribution in [0.5, 0.6) is 5.75 Å². The first kappa shape index (κ1) is 18.9. The summed E-state index contributed by atoms with van der Waals surface area (Å²) in [7, 11) is 1.45. The highest BCUT2D eigenvalue weighted by Crippen LogP contribution is 2.33. The second-order valence-corrected chi connectivity index (χ2v) is 7.81. The van der Waals surface area contributed by atoms with E-state index >= 15 is 0 Å². The second kappa shape index (κ2) is 8.09. The Balaban J connectivity index is 2.12. The van der Waals surface area contributed by atoms with Crippen LogP contribution in [-0.2, 0) is 9.63 Å². The van der Waals surface area contributed by atoms with E-state index in [9.17, 15) is 4.79 Å². The van der Waals surface area contributed by atoms with E-state index < -0.39 is 11.0 Å². The number of nitrogens with zero attached hydrogens (tertiary/aromatic N) is 1. The van der Waals surface area contributed by atoms with E-state index in [1.54, 1.807) is 17.4 Å². The van der Waals surface area contributed by atoms with Gasteiger partial charge in [0.15, 0.2) is 0 Å². The number of carbonyl (C=O) groups excluding carboxylic acids is 1. The molecule has 2 aromatic rings. The summed E-state index contributed by atoms with van der Waals surface area (Å²) in [6.45, 7) is 3.64. The van der Waals surface area contributed by atoms with Gasteiger partial charge in [-0.3, -0.25) is 4.79 Å². The van der Waals surface area contributed by atoms with Crippen LogP contribution >= 0.6 is 34.7 Å². The molecule has 0 saturated carbocycles. The number of halogens is 1. The van der Waals surface area contributed by atoms with Crippen LogP contribution in [0, 0.1) is 0 Å². The lowest BCUT2D eigenvalue weighted by molar-refractivity contribution is -0.125. The number of carbonyl (C=O) groups is 1. The van der Waals surface area contributed by atoms with Crippen LogP contribution in [0.1, 0.15) is 13.8 Å². The number of ether oxygens (including phenoxy) is 1. The fraction of sp³-hybridized carbons (Fsp3) is 0.375. The Morgan fingerprint density at radius 2 is 2.25 bits per heavy atom. The Kier molecular flexibility index (Phi) is 6.37. The van der Waals surface area contributed by atoms with Gasteiger partial charge in [0.2, 0.25) is 5.44 Å². The predicted molar refractivity (Wildman–Crippen MR) is 102 cm³/mol. The number of oxime groups is 1. The van der Waals surface area contributed by atoms with E-state index in [1.165, 1.54) is 25.1 Å². The Labute approximate surface area is 154 Å². The number of thiophene rings is 1. The van der Waals surface area contributed by atoms with Crippen molar-refractivity contribution in [1.82, 2.24) is 5.32 Å². The molecule has 24 heavy (non-hydrogen) atoms. The molecule has 5 nitrogen and oxygen atoms in total. The van der Waals surface area contributed by atoms with Gasteiger partial charge in [-0.2, -0.15) is 0 Å². The van der Waals surface area contributed by atoms with Crippen LogP contribution in [0.4, 0.5) is 0 Å². The van der Waals surface area contributed by atoms with Crippen molar-refractivity contribution in [3.8, 4) is 5.75 Å². The first-order valence-corrected chi connectivity index (χ1v) is 9.67. The summed E-state index contributed by atoms with van der Waals surface area (Å²) in [5, 5.41) is 10.1. The van der Waals surface area contributed by atoms with Gasteiger partial charge >= 0.3 is 0 Å². The predicted octanol–water partition coefficient (Wildman–Crippen LogP) is 4.15. The molecule has 0 spiro atoms. The monoisotopic (exact) mass is 386 g/mol. The lowest BCUT2D eigenvalue weighted by Crippen LogP contribution is -2.49. The molecule has 1 amide bonds. The highest BCUT2D eigenvalue weighted by molar-refractivity contribution is 7.99. The van der Waals surface area contributed by atoms with E-state index in [1.807, 2.05) is 37.6 Å². The van der Waals surface area contributed by atoms with Crippen LogP contribution in [0.15, 0.2) is 28.7 Å². The molecule has 0 aliphatic rings. The zero-order valence-electron chi connectivity index (χ0n) is 13.8. The summed E-state index contributed by atoms with van der Waals surface area (Å²) in [6, 6.07) is 5.58. The van der Waals surface area contributed by atoms with Crippen LogP contribution < -0.4 is 10.1 Å². The molecule has 1 atom stereocenters. The molecule has 0 radical (unpaired) electrons. The first-order chi connectivity index (χ1) is 11.4. The number of nitrogens with one attached hydrogen (secondary N) is 1. The largest absolute Gasteiger partial charge is 0.470 e. The summed E-state index contributed by atoms with van der Waals surface area (Å²) in [5.41, 5.74) is -1.35. The zero-order chi connectivity index (χ0) is 17.7. The van der Waals surface area contributed by atoms with Gasteiger partial charge < -0.3 is 14.9 Å². The normalized spacial score (nSPS) is 13.2. The van der Waals surface area contributed by atoms with Gasteiger partial charge in [0.05, 0.1) is 16.8 Å². The highest BCUT2D eigenvalue weighted by atomic mass is 35.5. The van der Waals surface area contributed by atoms with Crippen molar-refractivity contribution >= 4 is 56.9 Å². The fourth-order valence-corrected chi connectivity index (χ4v) is 3.65. The molecule has 0 aliphatic heterocycles. The van der Waals surface area contributed by atoms with Crippen molar-refractivity contribution < 1.29 is 14.4 Å². The van der Waals surface area contributed by atoms with Gasteiger partial charge in [0.1, 0.15) is 12.9 Å². The minimum absolute atomic E-state index is 0.252. The smallest absolute Gasteiger partial charge is 0.272 e. The number of fused-ring (bicyclic) bond motifs is 1. The molecule has 130 valence electrons. The van der Waals surface area contributed by atoms with Crippen molar-refractivity contribution in [1.29, 1.82) is 0 Å². The van der Waals surface area contributed by atoms with E-state index in [0.29, 0.717) is 10.8 Å². The molecular weight excluding hydrogens is 368 g/mol. The van der Waals surface area contributed by atoms with Crippen molar-refractivity contribution in [3.05, 3.63) is 28.6 Å². The van der Waals surface area contributed by atoms with Gasteiger partial charge in [-0.15, -0.1) is 23.1 Å². The molecule has 0 aliphatic carbocycles. The van der Waals surface area contributed by atoms with Crippen LogP contribution in [0.3, 0.4) is 0 Å². The van der Waals surface area contributed by atoms with Crippen LogP contribution in [-0.4, -0.2) is 36.5 Å². The number of benzene rings is 1. The number of hydrogen-bond acceptors (Lipinski definition) is 6. The molecule has 0 bridgehead atoms. The minimum atomic E-state index is -0.700. The molecule has 1 aromatic heterocycles. The molecule has 0 saturated heterocycles. The molecule has 1 N–H and O–H groups in total. The Morgan fingerprint density at radius 3 is 2.92 bits per heavy atom. The molecule has 1 unspecified atom stereocenters. The third kappa shape index (κ3) is 4.78. The third-order valence-corrected chi connectivity index (χ3v) is 5.01. The lowest BCUT2D eigenvalue weighted by atomic mass is 10.1. The Hall–Kier alpha value is -1.44. The fourth-order valence-electron chi connectivity index (χ4n) is 2.00. The van der Waals surface area contributed by atoms with Gasteiger partial charge in [0.25, 0.3) is 5.91 Å². The van der Waals surface area contributed by atoms with E-state index in [-0.39, 0.29) is 5.91 Å². The SMILES string of the molecule is CO/N=C/C(C)(C)NC(=O)C(Oc1cc(Cl)c2ccsc2c1)SC. The number of rotatable bonds is 7. The third-order valence-electron chi connectivity index (χ3n) is 3.09. The molecule has 2 rings (SSSR count). The summed E-state index contributed by atoms with van der Waals surface area (Å²) < 4.78 is 6.85. The lowest BCUT2D eigenvalue weighted by Gasteiger charge is -2.24. The second-order valence-electron chi connectivity index (χ2n) is 5.55. The van der Waals surface area contributed by atoms with E-state index in [4.69, 9.17) is 16.3 Å². The number of thioether (sulfide) groups is 1. The maximum absolute atomic E-state index is 12.5. The Morgan fingerprint density at radius 1 is 1.50 bits per heavy atom. The number of amides is 1. The van der Waals surface area contributed by atoms with Gasteiger partial charge in [-0.25, -0.2) is 0 Å². The average molecular weight is 387 g/mol. The van der Waals surface area contributed by atoms with Crippen molar-refractivity contribution in [2.24, 2.45) is 5.16 Å². The summed E-state index contributed by atoms with van der Waals surface area (Å²) in [5.74, 6) is 0.310. The van der Waals surface area contributed by atoms with Gasteiger partial charge in [0, 0.05) is 10.1 Å².